The van der Waals surface area contributed by atoms with Gasteiger partial charge in [-0.1, -0.05) is 0 Å². The molecule has 0 aromatic rings. The van der Waals surface area contributed by atoms with E-state index in [1.54, 1.807) is 0 Å². The zero-order valence-corrected chi connectivity index (χ0v) is 5.44. The van der Waals surface area contributed by atoms with Gasteiger partial charge in [0.25, 0.3) is 0 Å². The fourth-order valence-corrected chi connectivity index (χ4v) is 1.08. The number of hydrogen-bond acceptors (Lipinski definition) is 1. The van der Waals surface area contributed by atoms with Crippen molar-refractivity contribution in [3.8, 4) is 0 Å². The van der Waals surface area contributed by atoms with Crippen molar-refractivity contribution in [2.75, 3.05) is 19.9 Å². The highest BCUT2D eigenvalue weighted by Gasteiger charge is 2.34. The molecule has 1 amide bonds. The average Bonchev–Trinajstić information content (AvgIpc) is 2.30. The Balaban J connectivity index is 2.54. The van der Waals surface area contributed by atoms with E-state index in [0.717, 1.165) is 0 Å². The van der Waals surface area contributed by atoms with Gasteiger partial charge in [0.15, 0.2) is 0 Å². The fraction of sp³-hybridized carbons (Fsp3) is 0.833. The van der Waals surface area contributed by atoms with Crippen LogP contribution in [0.4, 0.5) is 8.78 Å². The van der Waals surface area contributed by atoms with Crippen LogP contribution in [0, 0.1) is 11.8 Å². The number of carbonyl (C=O) groups excluding carboxylic acids is 1. The van der Waals surface area contributed by atoms with E-state index in [0.29, 0.717) is 0 Å². The van der Waals surface area contributed by atoms with Crippen LogP contribution in [0.15, 0.2) is 0 Å². The lowest BCUT2D eigenvalue weighted by molar-refractivity contribution is -0.123. The first-order valence-corrected chi connectivity index (χ1v) is 3.19. The summed E-state index contributed by atoms with van der Waals surface area (Å²) in [5.74, 6) is -1.55. The summed E-state index contributed by atoms with van der Waals surface area (Å²) in [6.07, 6.45) is 0. The van der Waals surface area contributed by atoms with E-state index in [1.807, 2.05) is 0 Å². The highest BCUT2D eigenvalue weighted by atomic mass is 19.1. The van der Waals surface area contributed by atoms with E-state index in [1.165, 1.54) is 0 Å². The Labute approximate surface area is 57.6 Å². The van der Waals surface area contributed by atoms with Gasteiger partial charge in [-0.25, -0.2) is 0 Å². The normalized spacial score (nSPS) is 32.4. The Morgan fingerprint density at radius 3 is 2.60 bits per heavy atom. The number of alkyl halides is 2. The zero-order valence-electron chi connectivity index (χ0n) is 5.44. The Hall–Kier alpha value is -0.670. The molecule has 0 aromatic heterocycles. The van der Waals surface area contributed by atoms with Crippen LogP contribution < -0.4 is 5.32 Å². The van der Waals surface area contributed by atoms with Gasteiger partial charge < -0.3 is 5.32 Å². The SMILES string of the molecule is O=C1NCC(CF)C1CF. The highest BCUT2D eigenvalue weighted by molar-refractivity contribution is 5.81. The van der Waals surface area contributed by atoms with Gasteiger partial charge in [0.1, 0.15) is 6.67 Å². The molecule has 2 nitrogen and oxygen atoms in total. The molecule has 0 aliphatic carbocycles. The van der Waals surface area contributed by atoms with E-state index in [-0.39, 0.29) is 12.5 Å². The molecule has 10 heavy (non-hydrogen) atoms. The van der Waals surface area contributed by atoms with Gasteiger partial charge in [-0.3, -0.25) is 13.6 Å². The van der Waals surface area contributed by atoms with E-state index in [9.17, 15) is 13.6 Å². The molecule has 0 bridgehead atoms. The third-order valence-electron chi connectivity index (χ3n) is 1.81. The molecular formula is C6H9F2NO. The predicted molar refractivity (Wildman–Crippen MR) is 31.9 cm³/mol. The van der Waals surface area contributed by atoms with E-state index >= 15 is 0 Å². The summed E-state index contributed by atoms with van der Waals surface area (Å²) in [6, 6.07) is 0. The first-order valence-electron chi connectivity index (χ1n) is 3.19. The summed E-state index contributed by atoms with van der Waals surface area (Å²) < 4.78 is 23.9. The van der Waals surface area contributed by atoms with E-state index < -0.39 is 25.2 Å². The molecule has 1 aliphatic rings. The second-order valence-corrected chi connectivity index (χ2v) is 2.42. The van der Waals surface area contributed by atoms with Gasteiger partial charge in [0, 0.05) is 12.5 Å². The molecule has 1 rings (SSSR count). The summed E-state index contributed by atoms with van der Waals surface area (Å²) in [4.78, 5) is 10.7. The van der Waals surface area contributed by atoms with Crippen molar-refractivity contribution in [2.24, 2.45) is 11.8 Å². The van der Waals surface area contributed by atoms with Crippen LogP contribution in [0.5, 0.6) is 0 Å². The second kappa shape index (κ2) is 2.94. The van der Waals surface area contributed by atoms with Crippen LogP contribution in [-0.4, -0.2) is 25.8 Å². The summed E-state index contributed by atoms with van der Waals surface area (Å²) >= 11 is 0. The first kappa shape index (κ1) is 7.44. The number of nitrogens with one attached hydrogen (secondary N) is 1. The molecule has 2 unspecified atom stereocenters. The molecule has 0 radical (unpaired) electrons. The Morgan fingerprint density at radius 2 is 2.20 bits per heavy atom. The molecule has 58 valence electrons. The first-order chi connectivity index (χ1) is 4.79. The lowest BCUT2D eigenvalue weighted by Crippen LogP contribution is -2.21. The smallest absolute Gasteiger partial charge is 0.226 e. The van der Waals surface area contributed by atoms with Crippen LogP contribution in [-0.2, 0) is 4.79 Å². The van der Waals surface area contributed by atoms with Crippen molar-refractivity contribution in [2.45, 2.75) is 0 Å². The molecule has 1 heterocycles. The third-order valence-corrected chi connectivity index (χ3v) is 1.81. The minimum atomic E-state index is -0.750. The minimum Gasteiger partial charge on any atom is -0.355 e. The number of halogens is 2. The van der Waals surface area contributed by atoms with Crippen LogP contribution in [0.1, 0.15) is 0 Å². The zero-order chi connectivity index (χ0) is 7.56. The molecule has 1 saturated heterocycles. The summed E-state index contributed by atoms with van der Waals surface area (Å²) in [5, 5.41) is 2.40. The van der Waals surface area contributed by atoms with Crippen LogP contribution in [0.3, 0.4) is 0 Å². The van der Waals surface area contributed by atoms with Gasteiger partial charge in [-0.2, -0.15) is 0 Å². The Bertz CT molecular complexity index is 140. The standard InChI is InChI=1S/C6H9F2NO/c7-1-4-3-9-6(10)5(4)2-8/h4-5H,1-3H2,(H,9,10). The monoisotopic (exact) mass is 149 g/mol. The second-order valence-electron chi connectivity index (χ2n) is 2.42. The third kappa shape index (κ3) is 1.10. The molecule has 4 heteroatoms. The van der Waals surface area contributed by atoms with Crippen molar-refractivity contribution in [3.63, 3.8) is 0 Å². The predicted octanol–water partition coefficient (Wildman–Crippen LogP) is 0.288. The highest BCUT2D eigenvalue weighted by Crippen LogP contribution is 2.18. The maximum atomic E-state index is 12.0. The van der Waals surface area contributed by atoms with Crippen molar-refractivity contribution in [1.82, 2.24) is 5.32 Å². The molecule has 0 aromatic carbocycles. The van der Waals surface area contributed by atoms with E-state index in [4.69, 9.17) is 0 Å². The number of amides is 1. The molecule has 1 N–H and O–H groups in total. The van der Waals surface area contributed by atoms with Gasteiger partial charge in [-0.15, -0.1) is 0 Å². The van der Waals surface area contributed by atoms with Crippen molar-refractivity contribution < 1.29 is 13.6 Å². The molecule has 0 saturated carbocycles. The summed E-state index contributed by atoms with van der Waals surface area (Å²) in [7, 11) is 0. The quantitative estimate of drug-likeness (QED) is 0.600. The topological polar surface area (TPSA) is 29.1 Å². The molecule has 0 spiro atoms. The minimum absolute atomic E-state index is 0.282. The van der Waals surface area contributed by atoms with Gasteiger partial charge in [0.05, 0.1) is 12.6 Å². The van der Waals surface area contributed by atoms with E-state index in [2.05, 4.69) is 5.32 Å². The molecule has 2 atom stereocenters. The van der Waals surface area contributed by atoms with Crippen molar-refractivity contribution in [1.29, 1.82) is 0 Å². The van der Waals surface area contributed by atoms with Gasteiger partial charge >= 0.3 is 0 Å². The van der Waals surface area contributed by atoms with Crippen LogP contribution in [0.25, 0.3) is 0 Å². The summed E-state index contributed by atoms with van der Waals surface area (Å²) in [6.45, 7) is -1.09. The Morgan fingerprint density at radius 1 is 1.50 bits per heavy atom. The molecule has 1 fully saturated rings. The lowest BCUT2D eigenvalue weighted by Gasteiger charge is -2.06. The summed E-state index contributed by atoms with van der Waals surface area (Å²) in [5.41, 5.74) is 0. The average molecular weight is 149 g/mol. The number of carbonyl (C=O) groups is 1. The lowest BCUT2D eigenvalue weighted by atomic mass is 9.99. The van der Waals surface area contributed by atoms with Crippen molar-refractivity contribution in [3.05, 3.63) is 0 Å². The van der Waals surface area contributed by atoms with Gasteiger partial charge in [0.2, 0.25) is 5.91 Å². The number of rotatable bonds is 2. The fourth-order valence-electron chi connectivity index (χ4n) is 1.08. The van der Waals surface area contributed by atoms with Crippen molar-refractivity contribution >= 4 is 5.91 Å². The Kier molecular flexibility index (Phi) is 2.19. The maximum Gasteiger partial charge on any atom is 0.226 e. The molecular weight excluding hydrogens is 140 g/mol. The molecule has 1 aliphatic heterocycles. The van der Waals surface area contributed by atoms with Gasteiger partial charge in [-0.05, 0) is 0 Å². The maximum absolute atomic E-state index is 12.0. The van der Waals surface area contributed by atoms with Crippen LogP contribution in [0.2, 0.25) is 0 Å². The largest absolute Gasteiger partial charge is 0.355 e. The van der Waals surface area contributed by atoms with Crippen LogP contribution >= 0.6 is 0 Å². The number of hydrogen-bond donors (Lipinski definition) is 1.